The van der Waals surface area contributed by atoms with Crippen LogP contribution in [0.25, 0.3) is 44.9 Å². The molecule has 8 N–H and O–H groups in total. The minimum Gasteiger partial charge on any atom is -0.353 e. The molecule has 604 valence electrons. The van der Waals surface area contributed by atoms with Gasteiger partial charge in [0.15, 0.2) is 22.6 Å². The molecule has 8 aromatic heterocycles. The van der Waals surface area contributed by atoms with Gasteiger partial charge in [-0.15, -0.1) is 20.4 Å². The number of nitrogens with one attached hydrogen (secondary N) is 8. The molecule has 12 aliphatic carbocycles. The summed E-state index contributed by atoms with van der Waals surface area (Å²) in [5.74, 6) is -7.27. The van der Waals surface area contributed by atoms with E-state index in [1.807, 2.05) is 84.9 Å². The summed E-state index contributed by atoms with van der Waals surface area (Å²) in [6.07, 6.45) is 24.1. The predicted molar refractivity (Wildman–Crippen MR) is 413 cm³/mol. The summed E-state index contributed by atoms with van der Waals surface area (Å²) in [4.78, 5) is 114. The van der Waals surface area contributed by atoms with Gasteiger partial charge in [0.25, 0.3) is 11.8 Å². The van der Waals surface area contributed by atoms with Crippen LogP contribution in [0.15, 0.2) is 97.1 Å². The molecule has 20 rings (SSSR count). The third-order valence-corrected chi connectivity index (χ3v) is 23.8. The van der Waals surface area contributed by atoms with Gasteiger partial charge in [0.1, 0.15) is 22.9 Å². The second-order valence-corrected chi connectivity index (χ2v) is 33.1. The molecule has 8 fully saturated rings. The first-order valence-corrected chi connectivity index (χ1v) is 40.3. The van der Waals surface area contributed by atoms with E-state index in [0.29, 0.717) is 111 Å². The van der Waals surface area contributed by atoms with Crippen LogP contribution in [-0.2, 0) is 38.4 Å². The predicted octanol–water partition coefficient (Wildman–Crippen LogP) is 10.9. The minimum absolute atomic E-state index is 0.0104. The van der Waals surface area contributed by atoms with E-state index >= 15 is 0 Å². The summed E-state index contributed by atoms with van der Waals surface area (Å²) in [7, 11) is 0. The Morgan fingerprint density at radius 2 is 0.724 bits per heavy atom. The van der Waals surface area contributed by atoms with Gasteiger partial charge in [-0.25, -0.2) is 40.0 Å². The van der Waals surface area contributed by atoms with Gasteiger partial charge in [0.05, 0.1) is 34.8 Å². The molecule has 0 aromatic carbocycles. The Labute approximate surface area is 661 Å². The van der Waals surface area contributed by atoms with E-state index in [-0.39, 0.29) is 96.1 Å². The molecule has 8 aromatic rings. The number of hydrogen-bond acceptors (Lipinski definition) is 17. The Balaban J connectivity index is 0.000000111. The SMILES string of the molecule is CC1(C(=O)NC2CC=C(c3cccc4nc(NC(=O)C5CC5)nn34)CC2)CC1(F)F.N#CC1(C(=O)NC2CC=C(c3cccc4nc(NC(=O)C5CC5)nn34)CC2)CC1.O=C(Nc1nc2cccc(C3=CCC(NC(=O)C4CC4(F)F)CC3)n2n1)C1CC1.O=C(Nc1nc2cccc(C3=CCC(NC(=O)C4CC4F)CC3)n2n1)C1CC1. The highest BCUT2D eigenvalue weighted by Gasteiger charge is 2.72. The van der Waals surface area contributed by atoms with Gasteiger partial charge in [0, 0.05) is 60.7 Å². The quantitative estimate of drug-likeness (QED) is 0.0329. The topological polar surface area (TPSA) is 377 Å². The molecular formula is C82H88F5N21O8. The average Bonchev–Trinajstić information content (AvgIpc) is 1.56. The third-order valence-electron chi connectivity index (χ3n) is 23.8. The van der Waals surface area contributed by atoms with E-state index in [4.69, 9.17) is 0 Å². The van der Waals surface area contributed by atoms with Gasteiger partial charge >= 0.3 is 0 Å². The molecule has 8 atom stereocenters. The first kappa shape index (κ1) is 76.9. The zero-order valence-electron chi connectivity index (χ0n) is 63.7. The zero-order valence-corrected chi connectivity index (χ0v) is 63.7. The van der Waals surface area contributed by atoms with Crippen molar-refractivity contribution in [3.05, 3.63) is 120 Å². The maximum absolute atomic E-state index is 13.4. The highest BCUT2D eigenvalue weighted by atomic mass is 19.3. The van der Waals surface area contributed by atoms with Crippen LogP contribution in [-0.4, -0.2) is 148 Å². The molecule has 34 heteroatoms. The maximum atomic E-state index is 13.4. The number of alkyl halides is 5. The number of halogens is 5. The molecule has 0 bridgehead atoms. The van der Waals surface area contributed by atoms with Crippen LogP contribution in [0.5, 0.6) is 0 Å². The number of anilines is 4. The van der Waals surface area contributed by atoms with Crippen molar-refractivity contribution in [2.45, 2.75) is 210 Å². The van der Waals surface area contributed by atoms with E-state index in [1.165, 1.54) is 6.92 Å². The number of nitriles is 1. The highest BCUT2D eigenvalue weighted by Crippen LogP contribution is 2.60. The molecule has 8 heterocycles. The highest BCUT2D eigenvalue weighted by molar-refractivity contribution is 5.95. The summed E-state index contributed by atoms with van der Waals surface area (Å²) in [5, 5.41) is 49.6. The lowest BCUT2D eigenvalue weighted by Gasteiger charge is -2.24. The monoisotopic (exact) mass is 1590 g/mol. The number of rotatable bonds is 20. The van der Waals surface area contributed by atoms with Crippen LogP contribution in [0.4, 0.5) is 45.7 Å². The van der Waals surface area contributed by atoms with Crippen molar-refractivity contribution >= 4 is 116 Å². The standard InChI is InChI=1S/C21H23F2N5O2.C21H22N6O2.C20H21F2N5O2.C20H22FN5O2/c1-20(11-21(20,22)23)18(30)24-14-9-7-12(8-10-14)15-3-2-4-16-25-19(27-28(15)16)26-17(29)13-5-6-13;22-12-21(10-11-21)19(29)23-15-8-6-13(7-9-15)16-2-1-3-17-24-20(26-27(16)17)25-18(28)14-4-5-14;21-20(22)10-14(20)18(29)23-13-8-6-11(7-9-13)15-2-1-3-16-24-19(26-27(15)16)25-17(28)12-4-5-12;21-15-10-14(15)19(28)22-13-8-6-11(7-9-13)16-2-1-3-17-23-20(25-26(16)17)24-18(27)12-4-5-12/h2-4,7,13-14H,5-6,8-11H2,1H3,(H,24,30)(H,26,27,29);1-3,6,14-15H,4-5,7-11H2,(H,23,29)(H,25,26,28);1-3,6,12-14H,4-5,7-10H2,(H,23,29)(H,25,26,28);1-3,6,12-15H,4-5,7-10H2,(H,22,28)(H,24,25,27). The minimum atomic E-state index is -2.90. The molecule has 29 nitrogen and oxygen atoms in total. The van der Waals surface area contributed by atoms with Crippen LogP contribution < -0.4 is 42.5 Å². The number of hydrogen-bond donors (Lipinski definition) is 8. The molecule has 8 amide bonds. The number of allylic oxidation sites excluding steroid dienone is 4. The second kappa shape index (κ2) is 30.8. The Bertz CT molecular complexity index is 5480. The van der Waals surface area contributed by atoms with Crippen molar-refractivity contribution < 1.29 is 60.3 Å². The summed E-state index contributed by atoms with van der Waals surface area (Å²) >= 11 is 0. The molecule has 0 radical (unpaired) electrons. The van der Waals surface area contributed by atoms with E-state index in [9.17, 15) is 65.6 Å². The normalized spacial score (nSPS) is 25.5. The van der Waals surface area contributed by atoms with Gasteiger partial charge in [-0.3, -0.25) is 59.6 Å². The molecule has 12 aliphatic rings. The largest absolute Gasteiger partial charge is 0.353 e. The Hall–Kier alpha value is -11.7. The first-order chi connectivity index (χ1) is 55.8. The molecule has 116 heavy (non-hydrogen) atoms. The smallest absolute Gasteiger partial charge is 0.263 e. The molecule has 0 saturated heterocycles. The fourth-order valence-electron chi connectivity index (χ4n) is 15.2. The lowest BCUT2D eigenvalue weighted by molar-refractivity contribution is -0.130. The molecule has 8 unspecified atom stereocenters. The average molecular weight is 1590 g/mol. The van der Waals surface area contributed by atoms with Gasteiger partial charge in [0.2, 0.25) is 71.1 Å². The van der Waals surface area contributed by atoms with Crippen molar-refractivity contribution in [1.82, 2.24) is 79.7 Å². The maximum Gasteiger partial charge on any atom is 0.263 e. The lowest BCUT2D eigenvalue weighted by Crippen LogP contribution is -2.41. The number of fused-ring (bicyclic) bond motifs is 4. The van der Waals surface area contributed by atoms with Crippen molar-refractivity contribution in [2.75, 3.05) is 21.3 Å². The molecule has 8 saturated carbocycles. The van der Waals surface area contributed by atoms with E-state index < -0.39 is 52.5 Å². The summed E-state index contributed by atoms with van der Waals surface area (Å²) in [5.41, 5.74) is 8.33. The number of aromatic nitrogens is 12. The molecule has 0 aliphatic heterocycles. The molecule has 0 spiro atoms. The van der Waals surface area contributed by atoms with Crippen molar-refractivity contribution in [3.8, 4) is 6.07 Å². The van der Waals surface area contributed by atoms with Gasteiger partial charge < -0.3 is 21.3 Å². The number of amides is 8. The number of carbonyl (C=O) groups excluding carboxylic acids is 8. The number of carbonyl (C=O) groups is 8. The summed E-state index contributed by atoms with van der Waals surface area (Å²) < 4.78 is 72.9. The van der Waals surface area contributed by atoms with Crippen molar-refractivity contribution in [1.29, 1.82) is 5.26 Å². The number of nitrogens with zero attached hydrogens (tertiary/aromatic N) is 13. The van der Waals surface area contributed by atoms with E-state index in [1.54, 1.807) is 18.1 Å². The lowest BCUT2D eigenvalue weighted by atomic mass is 9.92. The van der Waals surface area contributed by atoms with E-state index in [2.05, 4.69) is 101 Å². The third kappa shape index (κ3) is 17.0. The fourth-order valence-corrected chi connectivity index (χ4v) is 15.2. The number of pyridine rings is 4. The Morgan fingerprint density at radius 1 is 0.431 bits per heavy atom. The van der Waals surface area contributed by atoms with E-state index in [0.717, 1.165) is 129 Å². The van der Waals surface area contributed by atoms with Crippen LogP contribution in [0.3, 0.4) is 0 Å². The van der Waals surface area contributed by atoms with Crippen molar-refractivity contribution in [2.24, 2.45) is 46.3 Å². The zero-order chi connectivity index (χ0) is 80.5. The van der Waals surface area contributed by atoms with Gasteiger partial charge in [-0.1, -0.05) is 48.6 Å². The second-order valence-electron chi connectivity index (χ2n) is 33.1. The summed E-state index contributed by atoms with van der Waals surface area (Å²) in [6, 6.07) is 24.8. The fraction of sp³-hybridized carbons (Fsp3) is 0.500. The Kier molecular flexibility index (Phi) is 20.5. The van der Waals surface area contributed by atoms with Crippen LogP contribution in [0.1, 0.15) is 190 Å². The van der Waals surface area contributed by atoms with Crippen LogP contribution in [0, 0.1) is 57.7 Å². The van der Waals surface area contributed by atoms with Crippen LogP contribution in [0.2, 0.25) is 0 Å². The van der Waals surface area contributed by atoms with Gasteiger partial charge in [-0.05, 0) is 225 Å². The first-order valence-electron chi connectivity index (χ1n) is 40.3. The van der Waals surface area contributed by atoms with Crippen molar-refractivity contribution in [3.63, 3.8) is 0 Å². The van der Waals surface area contributed by atoms with Crippen LogP contribution >= 0.6 is 0 Å². The Morgan fingerprint density at radius 3 is 0.974 bits per heavy atom. The van der Waals surface area contributed by atoms with Gasteiger partial charge in [-0.2, -0.15) is 25.2 Å². The molecular weight excluding hydrogens is 1500 g/mol. The summed E-state index contributed by atoms with van der Waals surface area (Å²) in [6.45, 7) is 1.32.